The van der Waals surface area contributed by atoms with Gasteiger partial charge in [0, 0.05) is 12.5 Å². The fraction of sp³-hybridized carbons (Fsp3) is 1.00. The highest BCUT2D eigenvalue weighted by Gasteiger charge is 2.25. The summed E-state index contributed by atoms with van der Waals surface area (Å²) in [7, 11) is 2.03. The van der Waals surface area contributed by atoms with Gasteiger partial charge in [0.05, 0.1) is 12.7 Å². The molecular formula is C7H15NO2. The summed E-state index contributed by atoms with van der Waals surface area (Å²) in [5.74, 6) is 0.287. The van der Waals surface area contributed by atoms with E-state index in [1.54, 1.807) is 0 Å². The highest BCUT2D eigenvalue weighted by atomic mass is 16.3. The van der Waals surface area contributed by atoms with Gasteiger partial charge in [-0.15, -0.1) is 0 Å². The molecule has 0 aromatic rings. The van der Waals surface area contributed by atoms with Crippen LogP contribution in [-0.2, 0) is 0 Å². The molecule has 2 unspecified atom stereocenters. The Hall–Kier alpha value is -0.120. The van der Waals surface area contributed by atoms with Crippen molar-refractivity contribution in [2.75, 3.05) is 26.7 Å². The first-order valence-corrected chi connectivity index (χ1v) is 3.71. The van der Waals surface area contributed by atoms with Crippen LogP contribution < -0.4 is 0 Å². The minimum Gasteiger partial charge on any atom is -0.394 e. The lowest BCUT2D eigenvalue weighted by Gasteiger charge is -2.14. The van der Waals surface area contributed by atoms with Crippen molar-refractivity contribution >= 4 is 0 Å². The number of aliphatic hydroxyl groups is 2. The van der Waals surface area contributed by atoms with Crippen molar-refractivity contribution in [1.82, 2.24) is 4.90 Å². The van der Waals surface area contributed by atoms with Crippen molar-refractivity contribution in [2.24, 2.45) is 5.92 Å². The monoisotopic (exact) mass is 145 g/mol. The van der Waals surface area contributed by atoms with Crippen LogP contribution in [0.2, 0.25) is 0 Å². The zero-order valence-corrected chi connectivity index (χ0v) is 6.32. The molecule has 0 aliphatic carbocycles. The predicted molar refractivity (Wildman–Crippen MR) is 38.7 cm³/mol. The van der Waals surface area contributed by atoms with Gasteiger partial charge in [0.2, 0.25) is 0 Å². The normalized spacial score (nSPS) is 30.9. The van der Waals surface area contributed by atoms with E-state index in [1.807, 2.05) is 7.05 Å². The number of nitrogens with zero attached hydrogens (tertiary/aromatic N) is 1. The van der Waals surface area contributed by atoms with Crippen LogP contribution in [0.4, 0.5) is 0 Å². The van der Waals surface area contributed by atoms with E-state index in [9.17, 15) is 5.11 Å². The Labute approximate surface area is 61.3 Å². The van der Waals surface area contributed by atoms with Crippen molar-refractivity contribution < 1.29 is 10.2 Å². The van der Waals surface area contributed by atoms with Crippen LogP contribution in [0.25, 0.3) is 0 Å². The van der Waals surface area contributed by atoms with Crippen molar-refractivity contribution in [2.45, 2.75) is 12.5 Å². The van der Waals surface area contributed by atoms with E-state index in [0.717, 1.165) is 19.5 Å². The molecule has 10 heavy (non-hydrogen) atoms. The molecule has 2 N–H and O–H groups in total. The van der Waals surface area contributed by atoms with Gasteiger partial charge in [-0.2, -0.15) is 0 Å². The summed E-state index contributed by atoms with van der Waals surface area (Å²) >= 11 is 0. The second kappa shape index (κ2) is 3.32. The summed E-state index contributed by atoms with van der Waals surface area (Å²) < 4.78 is 0. The third kappa shape index (κ3) is 1.68. The van der Waals surface area contributed by atoms with Gasteiger partial charge in [-0.25, -0.2) is 0 Å². The number of likely N-dealkylation sites (tertiary alicyclic amines) is 1. The maximum atomic E-state index is 9.20. The molecule has 60 valence electrons. The van der Waals surface area contributed by atoms with Crippen molar-refractivity contribution in [3.05, 3.63) is 0 Å². The lowest BCUT2D eigenvalue weighted by atomic mass is 10.0. The average Bonchev–Trinajstić information content (AvgIpc) is 2.34. The highest BCUT2D eigenvalue weighted by molar-refractivity contribution is 4.78. The average molecular weight is 145 g/mol. The Kier molecular flexibility index (Phi) is 2.65. The summed E-state index contributed by atoms with van der Waals surface area (Å²) in [4.78, 5) is 2.17. The van der Waals surface area contributed by atoms with Gasteiger partial charge in [0.1, 0.15) is 0 Å². The molecule has 1 aliphatic rings. The van der Waals surface area contributed by atoms with Crippen LogP contribution in [0.15, 0.2) is 0 Å². The molecule has 2 atom stereocenters. The molecule has 0 spiro atoms. The van der Waals surface area contributed by atoms with E-state index in [2.05, 4.69) is 4.90 Å². The van der Waals surface area contributed by atoms with Crippen LogP contribution in [0.3, 0.4) is 0 Å². The first kappa shape index (κ1) is 7.98. The van der Waals surface area contributed by atoms with Gasteiger partial charge in [-0.3, -0.25) is 0 Å². The van der Waals surface area contributed by atoms with E-state index >= 15 is 0 Å². The van der Waals surface area contributed by atoms with E-state index < -0.39 is 6.10 Å². The van der Waals surface area contributed by atoms with Gasteiger partial charge in [-0.1, -0.05) is 0 Å². The van der Waals surface area contributed by atoms with Gasteiger partial charge < -0.3 is 15.1 Å². The Morgan fingerprint density at radius 3 is 2.80 bits per heavy atom. The Morgan fingerprint density at radius 2 is 2.40 bits per heavy atom. The molecule has 3 nitrogen and oxygen atoms in total. The van der Waals surface area contributed by atoms with Gasteiger partial charge in [0.15, 0.2) is 0 Å². The first-order chi connectivity index (χ1) is 4.74. The van der Waals surface area contributed by atoms with Crippen LogP contribution in [0, 0.1) is 5.92 Å². The Bertz CT molecular complexity index is 108. The molecule has 0 radical (unpaired) electrons. The molecule has 1 fully saturated rings. The molecular weight excluding hydrogens is 130 g/mol. The standard InChI is InChI=1S/C7H15NO2/c1-8-3-2-6(4-8)7(10)5-9/h6-7,9-10H,2-5H2,1H3. The lowest BCUT2D eigenvalue weighted by Crippen LogP contribution is -2.26. The molecule has 1 saturated heterocycles. The quantitative estimate of drug-likeness (QED) is 0.539. The molecule has 0 saturated carbocycles. The molecule has 1 aliphatic heterocycles. The van der Waals surface area contributed by atoms with E-state index in [0.29, 0.717) is 0 Å². The number of hydrogen-bond acceptors (Lipinski definition) is 3. The minimum atomic E-state index is -0.509. The molecule has 1 heterocycles. The molecule has 0 bridgehead atoms. The lowest BCUT2D eigenvalue weighted by molar-refractivity contribution is 0.0508. The zero-order valence-electron chi connectivity index (χ0n) is 6.32. The summed E-state index contributed by atoms with van der Waals surface area (Å²) in [5, 5.41) is 17.8. The number of hydrogen-bond donors (Lipinski definition) is 2. The maximum absolute atomic E-state index is 9.20. The largest absolute Gasteiger partial charge is 0.394 e. The molecule has 0 aromatic carbocycles. The van der Waals surface area contributed by atoms with Crippen molar-refractivity contribution in [3.63, 3.8) is 0 Å². The van der Waals surface area contributed by atoms with Crippen LogP contribution >= 0.6 is 0 Å². The summed E-state index contributed by atoms with van der Waals surface area (Å²) in [6, 6.07) is 0. The fourth-order valence-electron chi connectivity index (χ4n) is 1.43. The summed E-state index contributed by atoms with van der Waals surface area (Å²) in [5.41, 5.74) is 0. The second-order valence-electron chi connectivity index (χ2n) is 3.06. The SMILES string of the molecule is CN1CCC(C(O)CO)C1. The topological polar surface area (TPSA) is 43.7 Å². The summed E-state index contributed by atoms with van der Waals surface area (Å²) in [6.45, 7) is 1.86. The first-order valence-electron chi connectivity index (χ1n) is 3.71. The third-order valence-electron chi connectivity index (χ3n) is 2.16. The van der Waals surface area contributed by atoms with E-state index in [-0.39, 0.29) is 12.5 Å². The van der Waals surface area contributed by atoms with E-state index in [4.69, 9.17) is 5.11 Å². The molecule has 3 heteroatoms. The van der Waals surface area contributed by atoms with Crippen molar-refractivity contribution in [1.29, 1.82) is 0 Å². The second-order valence-corrected chi connectivity index (χ2v) is 3.06. The Balaban J connectivity index is 2.29. The fourth-order valence-corrected chi connectivity index (χ4v) is 1.43. The maximum Gasteiger partial charge on any atom is 0.0811 e. The van der Waals surface area contributed by atoms with Crippen LogP contribution in [0.5, 0.6) is 0 Å². The van der Waals surface area contributed by atoms with Gasteiger partial charge in [0.25, 0.3) is 0 Å². The molecule has 0 aromatic heterocycles. The van der Waals surface area contributed by atoms with Gasteiger partial charge in [-0.05, 0) is 20.0 Å². The third-order valence-corrected chi connectivity index (χ3v) is 2.16. The van der Waals surface area contributed by atoms with Crippen molar-refractivity contribution in [3.8, 4) is 0 Å². The summed E-state index contributed by atoms with van der Waals surface area (Å²) in [6.07, 6.45) is 0.503. The molecule has 1 rings (SSSR count). The highest BCUT2D eigenvalue weighted by Crippen LogP contribution is 2.17. The smallest absolute Gasteiger partial charge is 0.0811 e. The predicted octanol–water partition coefficient (Wildman–Crippen LogP) is -0.709. The minimum absolute atomic E-state index is 0.0987. The number of rotatable bonds is 2. The zero-order chi connectivity index (χ0) is 7.56. The van der Waals surface area contributed by atoms with Crippen LogP contribution in [-0.4, -0.2) is 48.0 Å². The van der Waals surface area contributed by atoms with E-state index in [1.165, 1.54) is 0 Å². The van der Waals surface area contributed by atoms with Crippen LogP contribution in [0.1, 0.15) is 6.42 Å². The Morgan fingerprint density at radius 1 is 1.70 bits per heavy atom. The van der Waals surface area contributed by atoms with Gasteiger partial charge >= 0.3 is 0 Å². The number of aliphatic hydroxyl groups excluding tert-OH is 2. The molecule has 0 amide bonds.